The van der Waals surface area contributed by atoms with Gasteiger partial charge in [0.15, 0.2) is 0 Å². The van der Waals surface area contributed by atoms with Crippen molar-refractivity contribution in [3.05, 3.63) is 29.3 Å². The van der Waals surface area contributed by atoms with Crippen LogP contribution in [0.25, 0.3) is 0 Å². The van der Waals surface area contributed by atoms with Crippen molar-refractivity contribution < 1.29 is 41.5 Å². The number of hydrogen-bond acceptors (Lipinski definition) is 1. The minimum atomic E-state index is -0.798. The van der Waals surface area contributed by atoms with E-state index >= 15 is 0 Å². The van der Waals surface area contributed by atoms with Gasteiger partial charge in [0, 0.05) is 29.6 Å². The van der Waals surface area contributed by atoms with Crippen molar-refractivity contribution >= 4 is 38.6 Å². The summed E-state index contributed by atoms with van der Waals surface area (Å²) in [4.78, 5) is 10.7. The van der Waals surface area contributed by atoms with E-state index in [4.69, 9.17) is 5.11 Å². The molecule has 5 heteroatoms. The smallest absolute Gasteiger partial charge is 0 e. The summed E-state index contributed by atoms with van der Waals surface area (Å²) in [6.45, 7) is 1.83. The molecule has 0 aliphatic carbocycles. The molecule has 0 amide bonds. The molecule has 1 aromatic carbocycles. The molecule has 3 nitrogen and oxygen atoms in total. The first-order valence-electron chi connectivity index (χ1n) is 3.28. The van der Waals surface area contributed by atoms with Crippen LogP contribution in [0.3, 0.4) is 0 Å². The number of carboxylic acids is 1. The Morgan fingerprint density at radius 2 is 2.00 bits per heavy atom. The molecule has 3 N–H and O–H groups in total. The third-order valence-corrected chi connectivity index (χ3v) is 3.86. The van der Waals surface area contributed by atoms with E-state index in [1.165, 1.54) is 0 Å². The molecule has 13 heavy (non-hydrogen) atoms. The molecule has 0 aromatic heterocycles. The van der Waals surface area contributed by atoms with Crippen LogP contribution in [0.1, 0.15) is 15.9 Å². The average molecular weight is 377 g/mol. The fraction of sp³-hybridized carbons (Fsp3) is 0.125. The summed E-state index contributed by atoms with van der Waals surface area (Å²) in [7, 11) is 0. The van der Waals surface area contributed by atoms with Crippen molar-refractivity contribution in [3.8, 4) is 0 Å². The van der Waals surface area contributed by atoms with Crippen LogP contribution >= 0.6 is 0 Å². The predicted molar refractivity (Wildman–Crippen MR) is 47.1 cm³/mol. The zero-order chi connectivity index (χ0) is 8.43. The standard InChI is InChI=1S/C8H7O2.Hg.Na.H2O/c1-6-4-2-3-5-7(6)8(9)10;;;/h2-4H,1H3,(H,9,10);;;1H2. The number of rotatable bonds is 1. The van der Waals surface area contributed by atoms with Crippen molar-refractivity contribution in [2.24, 2.45) is 0 Å². The second kappa shape index (κ2) is 6.95. The Morgan fingerprint density at radius 1 is 1.46 bits per heavy atom. The summed E-state index contributed by atoms with van der Waals surface area (Å²) in [5.74, 6) is -0.798. The molecule has 62 valence electrons. The van der Waals surface area contributed by atoms with E-state index in [1.54, 1.807) is 0 Å². The third-order valence-electron chi connectivity index (χ3n) is 1.57. The number of aryl methyl sites for hydroxylation is 1. The summed E-state index contributed by atoms with van der Waals surface area (Å²) in [6, 6.07) is 5.63. The Morgan fingerprint density at radius 3 is 2.31 bits per heavy atom. The van der Waals surface area contributed by atoms with Crippen molar-refractivity contribution in [2.45, 2.75) is 6.92 Å². The van der Waals surface area contributed by atoms with Crippen LogP contribution in [0.4, 0.5) is 0 Å². The summed E-state index contributed by atoms with van der Waals surface area (Å²) in [6.07, 6.45) is 0. The summed E-state index contributed by atoms with van der Waals surface area (Å²) >= 11 is 0.387. The topological polar surface area (TPSA) is 68.8 Å². The number of benzene rings is 1. The molecule has 0 saturated heterocycles. The Hall–Kier alpha value is 0.585. The maximum atomic E-state index is 10.7. The first-order valence-corrected chi connectivity index (χ1v) is 6.02. The first-order chi connectivity index (χ1) is 5.13. The predicted octanol–water partition coefficient (Wildman–Crippen LogP) is -0.340. The average Bonchev–Trinajstić information content (AvgIpc) is 1.85. The van der Waals surface area contributed by atoms with Crippen molar-refractivity contribution in [1.29, 1.82) is 0 Å². The minimum absolute atomic E-state index is 0. The van der Waals surface area contributed by atoms with Gasteiger partial charge in [-0.25, -0.2) is 0 Å². The second-order valence-electron chi connectivity index (χ2n) is 2.41. The Balaban J connectivity index is 0. The van der Waals surface area contributed by atoms with E-state index in [9.17, 15) is 4.79 Å². The van der Waals surface area contributed by atoms with Crippen LogP contribution < -0.4 is 3.07 Å². The molecular weight excluding hydrogens is 368 g/mol. The Kier molecular flexibility index (Phi) is 8.58. The minimum Gasteiger partial charge on any atom is -0.412 e. The van der Waals surface area contributed by atoms with E-state index < -0.39 is 5.97 Å². The number of aromatic carboxylic acids is 1. The molecule has 0 aliphatic heterocycles. The van der Waals surface area contributed by atoms with Gasteiger partial charge in [-0.2, -0.15) is 0 Å². The van der Waals surface area contributed by atoms with Crippen LogP contribution in [-0.2, 0) is 26.1 Å². The molecule has 1 radical (unpaired) electrons. The van der Waals surface area contributed by atoms with E-state index in [0.717, 1.165) is 8.64 Å². The number of carboxylic acid groups (broad SMARTS) is 1. The summed E-state index contributed by atoms with van der Waals surface area (Å²) in [5.41, 5.74) is 1.38. The largest absolute Gasteiger partial charge is 0.412 e. The van der Waals surface area contributed by atoms with Gasteiger partial charge in [0.25, 0.3) is 0 Å². The molecule has 0 saturated carbocycles. The SMILES string of the molecule is Cc1ccc[c]([Hg])c1C(=O)O.O.[Na]. The molecule has 0 atom stereocenters. The van der Waals surface area contributed by atoms with E-state index in [0.29, 0.717) is 31.7 Å². The van der Waals surface area contributed by atoms with Gasteiger partial charge in [-0.05, 0) is 0 Å². The number of carbonyl (C=O) groups is 1. The maximum absolute atomic E-state index is 10.7. The van der Waals surface area contributed by atoms with Gasteiger partial charge in [0.2, 0.25) is 0 Å². The zero-order valence-corrected chi connectivity index (χ0v) is 15.3. The Labute approximate surface area is 115 Å². The van der Waals surface area contributed by atoms with Gasteiger partial charge in [-0.3, -0.25) is 0 Å². The molecular formula is C8H9HgNaO3. The van der Waals surface area contributed by atoms with Crippen LogP contribution in [-0.4, -0.2) is 46.1 Å². The fourth-order valence-corrected chi connectivity index (χ4v) is 3.24. The fourth-order valence-electron chi connectivity index (χ4n) is 1.03. The normalized spacial score (nSPS) is 8.23. The summed E-state index contributed by atoms with van der Waals surface area (Å²) in [5, 5.41) is 8.78. The van der Waals surface area contributed by atoms with Gasteiger partial charge < -0.3 is 5.48 Å². The van der Waals surface area contributed by atoms with Crippen LogP contribution in [0.5, 0.6) is 0 Å². The van der Waals surface area contributed by atoms with Crippen molar-refractivity contribution in [1.82, 2.24) is 0 Å². The Bertz CT molecular complexity index is 281. The molecule has 0 bridgehead atoms. The van der Waals surface area contributed by atoms with Crippen LogP contribution in [0.15, 0.2) is 18.2 Å². The number of hydrogen-bond donors (Lipinski definition) is 1. The molecule has 0 fully saturated rings. The molecule has 0 spiro atoms. The molecule has 0 unspecified atom stereocenters. The van der Waals surface area contributed by atoms with Gasteiger partial charge in [0.1, 0.15) is 0 Å². The van der Waals surface area contributed by atoms with Crippen molar-refractivity contribution in [2.75, 3.05) is 0 Å². The van der Waals surface area contributed by atoms with Crippen LogP contribution in [0.2, 0.25) is 0 Å². The van der Waals surface area contributed by atoms with Gasteiger partial charge in [-0.15, -0.1) is 0 Å². The van der Waals surface area contributed by atoms with E-state index in [1.807, 2.05) is 25.1 Å². The third kappa shape index (κ3) is 4.08. The molecule has 1 rings (SSSR count). The summed E-state index contributed by atoms with van der Waals surface area (Å²) < 4.78 is 1.01. The monoisotopic (exact) mass is 378 g/mol. The van der Waals surface area contributed by atoms with Gasteiger partial charge in [-0.1, -0.05) is 0 Å². The maximum Gasteiger partial charge on any atom is 0 e. The molecule has 0 aliphatic rings. The first kappa shape index (κ1) is 16.0. The van der Waals surface area contributed by atoms with Crippen LogP contribution in [0, 0.1) is 6.92 Å². The molecule has 0 heterocycles. The van der Waals surface area contributed by atoms with E-state index in [-0.39, 0.29) is 35.0 Å². The quantitative estimate of drug-likeness (QED) is 0.681. The second-order valence-corrected chi connectivity index (χ2v) is 5.38. The van der Waals surface area contributed by atoms with Crippen molar-refractivity contribution in [3.63, 3.8) is 0 Å². The zero-order valence-electron chi connectivity index (χ0n) is 7.79. The van der Waals surface area contributed by atoms with Gasteiger partial charge >= 0.3 is 81.3 Å². The van der Waals surface area contributed by atoms with Gasteiger partial charge in [0.05, 0.1) is 0 Å². The van der Waals surface area contributed by atoms with E-state index in [2.05, 4.69) is 0 Å². The molecule has 1 aromatic rings.